The van der Waals surface area contributed by atoms with Crippen LogP contribution in [0.2, 0.25) is 0 Å². The van der Waals surface area contributed by atoms with Crippen LogP contribution in [0, 0.1) is 0 Å². The average molecular weight is 311 g/mol. The molecule has 0 aliphatic carbocycles. The van der Waals surface area contributed by atoms with E-state index in [1.807, 2.05) is 31.2 Å². The van der Waals surface area contributed by atoms with Crippen LogP contribution in [0.5, 0.6) is 0 Å². The van der Waals surface area contributed by atoms with E-state index in [-0.39, 0.29) is 11.2 Å². The third-order valence-corrected chi connectivity index (χ3v) is 4.51. The highest BCUT2D eigenvalue weighted by Gasteiger charge is 2.14. The summed E-state index contributed by atoms with van der Waals surface area (Å²) in [5.41, 5.74) is 0. The Balaban J connectivity index is 1.61. The normalized spacial score (nSPS) is 12.2. The van der Waals surface area contributed by atoms with Crippen LogP contribution < -0.4 is 5.32 Å². The van der Waals surface area contributed by atoms with Crippen molar-refractivity contribution in [2.24, 2.45) is 0 Å². The van der Waals surface area contributed by atoms with E-state index in [1.165, 1.54) is 10.8 Å². The molecule has 112 valence electrons. The number of hydrogen-bond acceptors (Lipinski definition) is 3. The number of furan rings is 1. The molecule has 4 heteroatoms. The standard InChI is InChI=1S/C18H17NO2S/c1-13(18(20)19-12-16-7-4-10-21-16)22-17-9-8-14-5-2-3-6-15(14)11-17/h2-11,13H,12H2,1H3,(H,19,20)/t13-/m1/s1. The van der Waals surface area contributed by atoms with Crippen molar-refractivity contribution < 1.29 is 9.21 Å². The molecule has 0 bridgehead atoms. The summed E-state index contributed by atoms with van der Waals surface area (Å²) in [5.74, 6) is 0.769. The first-order valence-electron chi connectivity index (χ1n) is 7.18. The Morgan fingerprint density at radius 1 is 1.14 bits per heavy atom. The molecule has 1 aromatic heterocycles. The number of nitrogens with one attached hydrogen (secondary N) is 1. The molecule has 0 fully saturated rings. The number of fused-ring (bicyclic) bond motifs is 1. The van der Waals surface area contributed by atoms with E-state index in [0.717, 1.165) is 10.7 Å². The lowest BCUT2D eigenvalue weighted by Gasteiger charge is -2.11. The summed E-state index contributed by atoms with van der Waals surface area (Å²) in [4.78, 5) is 13.2. The van der Waals surface area contributed by atoms with E-state index in [4.69, 9.17) is 4.42 Å². The Bertz CT molecular complexity index is 768. The predicted octanol–water partition coefficient (Wildman–Crippen LogP) is 4.23. The third kappa shape index (κ3) is 3.52. The molecular weight excluding hydrogens is 294 g/mol. The number of carbonyl (C=O) groups is 1. The van der Waals surface area contributed by atoms with Gasteiger partial charge in [-0.2, -0.15) is 0 Å². The van der Waals surface area contributed by atoms with Crippen LogP contribution in [0.4, 0.5) is 0 Å². The maximum atomic E-state index is 12.1. The third-order valence-electron chi connectivity index (χ3n) is 3.42. The van der Waals surface area contributed by atoms with Gasteiger partial charge in [-0.15, -0.1) is 11.8 Å². The van der Waals surface area contributed by atoms with Crippen LogP contribution in [0.15, 0.2) is 70.2 Å². The molecule has 3 nitrogen and oxygen atoms in total. The van der Waals surface area contributed by atoms with Gasteiger partial charge in [-0.05, 0) is 42.0 Å². The van der Waals surface area contributed by atoms with E-state index in [9.17, 15) is 4.79 Å². The quantitative estimate of drug-likeness (QED) is 0.717. The molecule has 1 N–H and O–H groups in total. The van der Waals surface area contributed by atoms with Crippen molar-refractivity contribution in [3.63, 3.8) is 0 Å². The monoisotopic (exact) mass is 311 g/mol. The maximum Gasteiger partial charge on any atom is 0.233 e. The van der Waals surface area contributed by atoms with Crippen molar-refractivity contribution in [1.82, 2.24) is 5.32 Å². The second-order valence-electron chi connectivity index (χ2n) is 5.07. The van der Waals surface area contributed by atoms with Gasteiger partial charge in [0.25, 0.3) is 0 Å². The van der Waals surface area contributed by atoms with Crippen molar-refractivity contribution in [3.8, 4) is 0 Å². The fraction of sp³-hybridized carbons (Fsp3) is 0.167. The summed E-state index contributed by atoms with van der Waals surface area (Å²) in [6, 6.07) is 18.2. The molecule has 22 heavy (non-hydrogen) atoms. The fourth-order valence-electron chi connectivity index (χ4n) is 2.23. The van der Waals surface area contributed by atoms with E-state index in [0.29, 0.717) is 6.54 Å². The van der Waals surface area contributed by atoms with Crippen LogP contribution in [-0.2, 0) is 11.3 Å². The zero-order valence-corrected chi connectivity index (χ0v) is 13.1. The molecule has 3 rings (SSSR count). The van der Waals surface area contributed by atoms with Crippen molar-refractivity contribution in [1.29, 1.82) is 0 Å². The topological polar surface area (TPSA) is 42.2 Å². The molecule has 2 aromatic carbocycles. The highest BCUT2D eigenvalue weighted by Crippen LogP contribution is 2.27. The van der Waals surface area contributed by atoms with Crippen LogP contribution in [0.25, 0.3) is 10.8 Å². The number of benzene rings is 2. The Labute approximate surface area is 133 Å². The number of rotatable bonds is 5. The first kappa shape index (κ1) is 14.7. The molecule has 0 aliphatic heterocycles. The Morgan fingerprint density at radius 2 is 1.95 bits per heavy atom. The van der Waals surface area contributed by atoms with Gasteiger partial charge in [0.1, 0.15) is 5.76 Å². The van der Waals surface area contributed by atoms with E-state index in [1.54, 1.807) is 18.0 Å². The lowest BCUT2D eigenvalue weighted by atomic mass is 10.1. The van der Waals surface area contributed by atoms with Gasteiger partial charge >= 0.3 is 0 Å². The smallest absolute Gasteiger partial charge is 0.233 e. The number of amides is 1. The molecule has 0 saturated heterocycles. The van der Waals surface area contributed by atoms with E-state index >= 15 is 0 Å². The summed E-state index contributed by atoms with van der Waals surface area (Å²) in [5, 5.41) is 5.13. The SMILES string of the molecule is C[C@@H](Sc1ccc2ccccc2c1)C(=O)NCc1ccco1. The fourth-order valence-corrected chi connectivity index (χ4v) is 3.17. The minimum absolute atomic E-state index is 0.00885. The summed E-state index contributed by atoms with van der Waals surface area (Å²) >= 11 is 1.56. The zero-order chi connectivity index (χ0) is 15.4. The average Bonchev–Trinajstić information content (AvgIpc) is 3.06. The van der Waals surface area contributed by atoms with Gasteiger partial charge in [-0.1, -0.05) is 30.3 Å². The zero-order valence-electron chi connectivity index (χ0n) is 12.3. The minimum Gasteiger partial charge on any atom is -0.467 e. The lowest BCUT2D eigenvalue weighted by molar-refractivity contribution is -0.120. The Hall–Kier alpha value is -2.20. The van der Waals surface area contributed by atoms with Crippen molar-refractivity contribution in [2.75, 3.05) is 0 Å². The Morgan fingerprint density at radius 3 is 2.73 bits per heavy atom. The molecule has 1 amide bonds. The predicted molar refractivity (Wildman–Crippen MR) is 89.8 cm³/mol. The molecule has 0 radical (unpaired) electrons. The lowest BCUT2D eigenvalue weighted by Crippen LogP contribution is -2.30. The van der Waals surface area contributed by atoms with Gasteiger partial charge in [-0.25, -0.2) is 0 Å². The summed E-state index contributed by atoms with van der Waals surface area (Å²) in [6.07, 6.45) is 1.61. The second-order valence-corrected chi connectivity index (χ2v) is 6.48. The van der Waals surface area contributed by atoms with Crippen molar-refractivity contribution >= 4 is 28.4 Å². The first-order chi connectivity index (χ1) is 10.7. The van der Waals surface area contributed by atoms with Gasteiger partial charge in [0.05, 0.1) is 18.1 Å². The first-order valence-corrected chi connectivity index (χ1v) is 8.06. The summed E-state index contributed by atoms with van der Waals surface area (Å²) < 4.78 is 5.21. The van der Waals surface area contributed by atoms with Crippen LogP contribution in [-0.4, -0.2) is 11.2 Å². The van der Waals surface area contributed by atoms with E-state index < -0.39 is 0 Å². The molecule has 0 aliphatic rings. The number of hydrogen-bond donors (Lipinski definition) is 1. The molecule has 1 heterocycles. The van der Waals surface area contributed by atoms with Gasteiger partial charge in [0.2, 0.25) is 5.91 Å². The highest BCUT2D eigenvalue weighted by molar-refractivity contribution is 8.00. The largest absolute Gasteiger partial charge is 0.467 e. The maximum absolute atomic E-state index is 12.1. The number of thioether (sulfide) groups is 1. The van der Waals surface area contributed by atoms with Gasteiger partial charge in [-0.3, -0.25) is 4.79 Å². The van der Waals surface area contributed by atoms with Crippen molar-refractivity contribution in [2.45, 2.75) is 23.6 Å². The van der Waals surface area contributed by atoms with Gasteiger partial charge < -0.3 is 9.73 Å². The second kappa shape index (κ2) is 6.71. The number of carbonyl (C=O) groups excluding carboxylic acids is 1. The van der Waals surface area contributed by atoms with Crippen LogP contribution in [0.1, 0.15) is 12.7 Å². The molecule has 0 spiro atoms. The Kier molecular flexibility index (Phi) is 4.49. The molecule has 1 atom stereocenters. The molecule has 0 unspecified atom stereocenters. The minimum atomic E-state index is -0.156. The molecular formula is C18H17NO2S. The van der Waals surface area contributed by atoms with Crippen LogP contribution >= 0.6 is 11.8 Å². The summed E-state index contributed by atoms with van der Waals surface area (Å²) in [7, 11) is 0. The van der Waals surface area contributed by atoms with Gasteiger partial charge in [0.15, 0.2) is 0 Å². The van der Waals surface area contributed by atoms with E-state index in [2.05, 4.69) is 35.6 Å². The van der Waals surface area contributed by atoms with Gasteiger partial charge in [0, 0.05) is 4.90 Å². The van der Waals surface area contributed by atoms with Crippen molar-refractivity contribution in [3.05, 3.63) is 66.6 Å². The summed E-state index contributed by atoms with van der Waals surface area (Å²) in [6.45, 7) is 2.34. The molecule has 0 saturated carbocycles. The van der Waals surface area contributed by atoms with Crippen LogP contribution in [0.3, 0.4) is 0 Å². The molecule has 3 aromatic rings. The highest BCUT2D eigenvalue weighted by atomic mass is 32.2.